The molecule has 0 radical (unpaired) electrons. The number of esters is 4. The second-order valence-electron chi connectivity index (χ2n) is 9.38. The molecule has 0 aliphatic heterocycles. The van der Waals surface area contributed by atoms with E-state index in [2.05, 4.69) is 13.2 Å². The number of hydrogen-bond donors (Lipinski definition) is 0. The summed E-state index contributed by atoms with van der Waals surface area (Å²) in [5.41, 5.74) is 1.04. The average molecular weight is 605 g/mol. The van der Waals surface area contributed by atoms with E-state index in [1.165, 1.54) is 12.1 Å². The second kappa shape index (κ2) is 17.6. The topological polar surface area (TPSA) is 114 Å². The first kappa shape index (κ1) is 33.3. The van der Waals surface area contributed by atoms with Crippen LogP contribution in [0, 0.1) is 5.82 Å². The van der Waals surface area contributed by atoms with Gasteiger partial charge in [-0.2, -0.15) is 0 Å². The monoisotopic (exact) mass is 604 g/mol. The molecule has 9 nitrogen and oxygen atoms in total. The Morgan fingerprint density at radius 2 is 1.32 bits per heavy atom. The highest BCUT2D eigenvalue weighted by Gasteiger charge is 2.14. The van der Waals surface area contributed by atoms with Crippen LogP contribution in [-0.2, 0) is 25.5 Å². The smallest absolute Gasteiger partial charge is 0.343 e. The van der Waals surface area contributed by atoms with Crippen molar-refractivity contribution in [2.75, 3.05) is 13.2 Å². The zero-order valence-electron chi connectivity index (χ0n) is 24.1. The molecule has 0 atom stereocenters. The predicted octanol–water partition coefficient (Wildman–Crippen LogP) is 6.34. The van der Waals surface area contributed by atoms with E-state index in [1.807, 2.05) is 0 Å². The van der Waals surface area contributed by atoms with Crippen molar-refractivity contribution in [1.29, 1.82) is 0 Å². The SMILES string of the molecule is C=CC(=O)OCCCCCCOc1ccc(C(=O)Oc2ccc(OC(=O)CCc3ccc(OC(=O)C=C)cc3)c(F)c2)cc1. The molecule has 0 saturated heterocycles. The molecule has 0 bridgehead atoms. The molecule has 0 fully saturated rings. The molecule has 0 aliphatic rings. The third kappa shape index (κ3) is 11.6. The highest BCUT2D eigenvalue weighted by atomic mass is 19.1. The van der Waals surface area contributed by atoms with Crippen molar-refractivity contribution >= 4 is 23.9 Å². The lowest BCUT2D eigenvalue weighted by Crippen LogP contribution is -2.11. The molecule has 0 aromatic heterocycles. The van der Waals surface area contributed by atoms with Crippen LogP contribution in [0.3, 0.4) is 0 Å². The van der Waals surface area contributed by atoms with Crippen LogP contribution in [0.15, 0.2) is 92.0 Å². The minimum Gasteiger partial charge on any atom is -0.494 e. The summed E-state index contributed by atoms with van der Waals surface area (Å²) in [6, 6.07) is 16.4. The van der Waals surface area contributed by atoms with Crippen molar-refractivity contribution in [3.05, 3.63) is 109 Å². The molecule has 0 amide bonds. The van der Waals surface area contributed by atoms with E-state index in [0.29, 0.717) is 31.1 Å². The molecule has 0 spiro atoms. The minimum absolute atomic E-state index is 0.0172. The number of carbonyl (C=O) groups is 4. The highest BCUT2D eigenvalue weighted by molar-refractivity contribution is 5.91. The standard InChI is InChI=1S/C34H33FO9/c1-3-31(36)41-22-8-6-5-7-21-40-26-16-12-25(13-17-26)34(39)43-28-18-19-30(29(35)23-28)44-33(38)20-11-24-9-14-27(15-10-24)42-32(37)4-2/h3-4,9-10,12-19,23H,1-2,5-8,11,20-22H2. The fraction of sp³-hybridized carbons (Fsp3) is 0.235. The van der Waals surface area contributed by atoms with Crippen LogP contribution in [0.25, 0.3) is 0 Å². The van der Waals surface area contributed by atoms with Gasteiger partial charge in [-0.05, 0) is 86.2 Å². The fourth-order valence-electron chi connectivity index (χ4n) is 3.76. The van der Waals surface area contributed by atoms with Crippen molar-refractivity contribution in [3.8, 4) is 23.0 Å². The van der Waals surface area contributed by atoms with Gasteiger partial charge < -0.3 is 23.7 Å². The molecule has 0 heterocycles. The van der Waals surface area contributed by atoms with Crippen LogP contribution in [0.4, 0.5) is 4.39 Å². The van der Waals surface area contributed by atoms with Gasteiger partial charge in [-0.1, -0.05) is 25.3 Å². The Kier molecular flexibility index (Phi) is 13.3. The molecular formula is C34H33FO9. The summed E-state index contributed by atoms with van der Waals surface area (Å²) in [6.45, 7) is 7.53. The summed E-state index contributed by atoms with van der Waals surface area (Å²) >= 11 is 0. The van der Waals surface area contributed by atoms with E-state index in [0.717, 1.165) is 49.5 Å². The quantitative estimate of drug-likeness (QED) is 0.0753. The van der Waals surface area contributed by atoms with E-state index in [-0.39, 0.29) is 23.5 Å². The van der Waals surface area contributed by atoms with Crippen molar-refractivity contribution in [3.63, 3.8) is 0 Å². The van der Waals surface area contributed by atoms with Crippen LogP contribution >= 0.6 is 0 Å². The van der Waals surface area contributed by atoms with Gasteiger partial charge in [0.25, 0.3) is 0 Å². The predicted molar refractivity (Wildman–Crippen MR) is 159 cm³/mol. The van der Waals surface area contributed by atoms with E-state index in [4.69, 9.17) is 23.7 Å². The van der Waals surface area contributed by atoms with Crippen LogP contribution in [0.2, 0.25) is 0 Å². The molecule has 3 aromatic carbocycles. The summed E-state index contributed by atoms with van der Waals surface area (Å²) in [6.07, 6.45) is 5.90. The Bertz CT molecular complexity index is 1450. The molecule has 3 aromatic rings. The van der Waals surface area contributed by atoms with Crippen LogP contribution in [0.5, 0.6) is 23.0 Å². The lowest BCUT2D eigenvalue weighted by atomic mass is 10.1. The fourth-order valence-corrected chi connectivity index (χ4v) is 3.76. The molecule has 0 aliphatic carbocycles. The van der Waals surface area contributed by atoms with Crippen LogP contribution < -0.4 is 18.9 Å². The maximum Gasteiger partial charge on any atom is 0.343 e. The summed E-state index contributed by atoms with van der Waals surface area (Å²) in [5, 5.41) is 0. The lowest BCUT2D eigenvalue weighted by Gasteiger charge is -2.09. The molecule has 44 heavy (non-hydrogen) atoms. The molecule has 230 valence electrons. The number of rotatable bonds is 17. The minimum atomic E-state index is -0.862. The average Bonchev–Trinajstić information content (AvgIpc) is 3.03. The first-order valence-electron chi connectivity index (χ1n) is 13.9. The molecule has 0 N–H and O–H groups in total. The van der Waals surface area contributed by atoms with Gasteiger partial charge >= 0.3 is 23.9 Å². The Morgan fingerprint density at radius 1 is 0.682 bits per heavy atom. The Labute approximate surface area is 254 Å². The number of halogens is 1. The van der Waals surface area contributed by atoms with Gasteiger partial charge in [0.2, 0.25) is 0 Å². The zero-order valence-corrected chi connectivity index (χ0v) is 24.1. The van der Waals surface area contributed by atoms with Gasteiger partial charge in [0.1, 0.15) is 17.2 Å². The van der Waals surface area contributed by atoms with E-state index >= 15 is 0 Å². The van der Waals surface area contributed by atoms with E-state index < -0.39 is 29.7 Å². The zero-order chi connectivity index (χ0) is 31.7. The van der Waals surface area contributed by atoms with Crippen LogP contribution in [-0.4, -0.2) is 37.1 Å². The first-order chi connectivity index (χ1) is 21.3. The van der Waals surface area contributed by atoms with Gasteiger partial charge in [0.05, 0.1) is 18.8 Å². The molecule has 0 unspecified atom stereocenters. The maximum absolute atomic E-state index is 14.6. The number of benzene rings is 3. The van der Waals surface area contributed by atoms with Gasteiger partial charge in [-0.15, -0.1) is 0 Å². The second-order valence-corrected chi connectivity index (χ2v) is 9.38. The number of aryl methyl sites for hydroxylation is 1. The highest BCUT2D eigenvalue weighted by Crippen LogP contribution is 2.24. The van der Waals surface area contributed by atoms with Crippen molar-refractivity contribution in [2.45, 2.75) is 38.5 Å². The summed E-state index contributed by atoms with van der Waals surface area (Å²) in [4.78, 5) is 47.0. The van der Waals surface area contributed by atoms with Crippen LogP contribution in [0.1, 0.15) is 48.0 Å². The summed E-state index contributed by atoms with van der Waals surface area (Å²) in [5.74, 6) is -2.61. The number of ether oxygens (including phenoxy) is 5. The van der Waals surface area contributed by atoms with Gasteiger partial charge in [-0.3, -0.25) is 4.79 Å². The Hall–Kier alpha value is -5.25. The summed E-state index contributed by atoms with van der Waals surface area (Å²) < 4.78 is 40.6. The maximum atomic E-state index is 14.6. The first-order valence-corrected chi connectivity index (χ1v) is 13.9. The summed E-state index contributed by atoms with van der Waals surface area (Å²) in [7, 11) is 0. The third-order valence-corrected chi connectivity index (χ3v) is 6.07. The number of carbonyl (C=O) groups excluding carboxylic acids is 4. The number of unbranched alkanes of at least 4 members (excludes halogenated alkanes) is 3. The largest absolute Gasteiger partial charge is 0.494 e. The number of hydrogen-bond acceptors (Lipinski definition) is 9. The molecule has 3 rings (SSSR count). The third-order valence-electron chi connectivity index (χ3n) is 6.07. The van der Waals surface area contributed by atoms with Gasteiger partial charge in [0, 0.05) is 24.6 Å². The van der Waals surface area contributed by atoms with Gasteiger partial charge in [0.15, 0.2) is 11.6 Å². The molecular weight excluding hydrogens is 571 g/mol. The van der Waals surface area contributed by atoms with Gasteiger partial charge in [-0.25, -0.2) is 18.8 Å². The van der Waals surface area contributed by atoms with Crippen molar-refractivity contribution < 1.29 is 47.3 Å². The molecule has 0 saturated carbocycles. The Balaban J connectivity index is 1.38. The van der Waals surface area contributed by atoms with E-state index in [1.54, 1.807) is 48.5 Å². The van der Waals surface area contributed by atoms with Crippen molar-refractivity contribution in [1.82, 2.24) is 0 Å². The van der Waals surface area contributed by atoms with E-state index in [9.17, 15) is 23.6 Å². The lowest BCUT2D eigenvalue weighted by molar-refractivity contribution is -0.138. The normalized spacial score (nSPS) is 10.3. The van der Waals surface area contributed by atoms with Crippen molar-refractivity contribution in [2.24, 2.45) is 0 Å². The molecule has 10 heteroatoms. The Morgan fingerprint density at radius 3 is 1.98 bits per heavy atom.